The lowest BCUT2D eigenvalue weighted by atomic mass is 10.3. The summed E-state index contributed by atoms with van der Waals surface area (Å²) in [6, 6.07) is 6.66. The molecule has 3 aromatic rings. The molecule has 126 valence electrons. The Labute approximate surface area is 140 Å². The average molecular weight is 346 g/mol. The Morgan fingerprint density at radius 2 is 1.92 bits per heavy atom. The van der Waals surface area contributed by atoms with Crippen molar-refractivity contribution >= 4 is 21.3 Å². The van der Waals surface area contributed by atoms with E-state index in [9.17, 15) is 4.21 Å². The van der Waals surface area contributed by atoms with E-state index in [2.05, 4.69) is 15.1 Å². The van der Waals surface area contributed by atoms with E-state index in [0.717, 1.165) is 5.82 Å². The Hall–Kier alpha value is -2.68. The van der Waals surface area contributed by atoms with Gasteiger partial charge in [-0.1, -0.05) is 0 Å². The van der Waals surface area contributed by atoms with Crippen LogP contribution in [0.1, 0.15) is 5.69 Å². The molecule has 1 aromatic carbocycles. The van der Waals surface area contributed by atoms with Crippen LogP contribution >= 0.6 is 0 Å². The molecule has 24 heavy (non-hydrogen) atoms. The highest BCUT2D eigenvalue weighted by molar-refractivity contribution is 7.91. The average Bonchev–Trinajstić information content (AvgIpc) is 2.94. The van der Waals surface area contributed by atoms with Crippen molar-refractivity contribution in [1.82, 2.24) is 19.6 Å². The van der Waals surface area contributed by atoms with Gasteiger partial charge >= 0.3 is 0 Å². The molecule has 0 aliphatic carbocycles. The summed E-state index contributed by atoms with van der Waals surface area (Å²) >= 11 is 0. The van der Waals surface area contributed by atoms with Crippen LogP contribution in [0.15, 0.2) is 35.5 Å². The van der Waals surface area contributed by atoms with Crippen molar-refractivity contribution in [3.05, 3.63) is 36.3 Å². The SMILES string of the molecule is Cc1nc2ncnn2c(N(C)C)c1Oc1ccc(S(C)(=N)=O)cc1. The maximum Gasteiger partial charge on any atom is 0.254 e. The minimum atomic E-state index is -2.74. The molecule has 8 nitrogen and oxygen atoms in total. The lowest BCUT2D eigenvalue weighted by Crippen LogP contribution is -2.16. The first-order chi connectivity index (χ1) is 11.3. The van der Waals surface area contributed by atoms with E-state index in [-0.39, 0.29) is 0 Å². The molecule has 0 saturated carbocycles. The quantitative estimate of drug-likeness (QED) is 0.779. The molecule has 0 aliphatic rings. The van der Waals surface area contributed by atoms with Gasteiger partial charge in [-0.15, -0.1) is 0 Å². The van der Waals surface area contributed by atoms with Gasteiger partial charge in [0.05, 0.1) is 15.4 Å². The van der Waals surface area contributed by atoms with E-state index in [0.29, 0.717) is 27.9 Å². The summed E-state index contributed by atoms with van der Waals surface area (Å²) in [6.07, 6.45) is 2.83. The van der Waals surface area contributed by atoms with Crippen molar-refractivity contribution in [3.63, 3.8) is 0 Å². The summed E-state index contributed by atoms with van der Waals surface area (Å²) in [7, 11) is 1.03. The van der Waals surface area contributed by atoms with Gasteiger partial charge in [-0.25, -0.2) is 14.0 Å². The van der Waals surface area contributed by atoms with Crippen molar-refractivity contribution < 1.29 is 8.95 Å². The Morgan fingerprint density at radius 1 is 1.25 bits per heavy atom. The third kappa shape index (κ3) is 2.90. The maximum atomic E-state index is 11.8. The number of anilines is 1. The number of ether oxygens (including phenoxy) is 1. The predicted molar refractivity (Wildman–Crippen MR) is 91.4 cm³/mol. The third-order valence-electron chi connectivity index (χ3n) is 3.45. The Morgan fingerprint density at radius 3 is 2.50 bits per heavy atom. The second kappa shape index (κ2) is 5.75. The molecular weight excluding hydrogens is 328 g/mol. The molecule has 2 aromatic heterocycles. The summed E-state index contributed by atoms with van der Waals surface area (Å²) in [4.78, 5) is 10.8. The van der Waals surface area contributed by atoms with E-state index < -0.39 is 9.73 Å². The van der Waals surface area contributed by atoms with Gasteiger partial charge in [0.2, 0.25) is 0 Å². The molecule has 0 radical (unpaired) electrons. The highest BCUT2D eigenvalue weighted by Crippen LogP contribution is 2.34. The first kappa shape index (κ1) is 16.2. The number of rotatable bonds is 4. The first-order valence-electron chi connectivity index (χ1n) is 7.17. The number of benzene rings is 1. The van der Waals surface area contributed by atoms with E-state index in [1.165, 1.54) is 12.6 Å². The second-order valence-electron chi connectivity index (χ2n) is 5.63. The zero-order valence-electron chi connectivity index (χ0n) is 13.8. The maximum absolute atomic E-state index is 11.8. The molecule has 0 fully saturated rings. The number of hydrogen-bond donors (Lipinski definition) is 1. The number of aryl methyl sites for hydroxylation is 1. The number of nitrogens with zero attached hydrogens (tertiary/aromatic N) is 5. The molecule has 0 aliphatic heterocycles. The van der Waals surface area contributed by atoms with Gasteiger partial charge in [0.15, 0.2) is 11.6 Å². The topological polar surface area (TPSA) is 96.5 Å². The minimum Gasteiger partial charge on any atom is -0.452 e. The van der Waals surface area contributed by atoms with Crippen LogP contribution in [-0.2, 0) is 9.73 Å². The summed E-state index contributed by atoms with van der Waals surface area (Å²) in [6.45, 7) is 1.84. The fourth-order valence-corrected chi connectivity index (χ4v) is 2.97. The van der Waals surface area contributed by atoms with Crippen molar-refractivity contribution in [1.29, 1.82) is 4.78 Å². The van der Waals surface area contributed by atoms with Gasteiger partial charge in [-0.05, 0) is 31.2 Å². The van der Waals surface area contributed by atoms with Crippen molar-refractivity contribution in [2.24, 2.45) is 0 Å². The molecule has 1 unspecified atom stereocenters. The van der Waals surface area contributed by atoms with Crippen LogP contribution in [0, 0.1) is 11.7 Å². The molecule has 1 N–H and O–H groups in total. The molecule has 0 spiro atoms. The third-order valence-corrected chi connectivity index (χ3v) is 4.62. The zero-order valence-corrected chi connectivity index (χ0v) is 14.7. The smallest absolute Gasteiger partial charge is 0.254 e. The molecule has 3 rings (SSSR count). The van der Waals surface area contributed by atoms with E-state index in [1.54, 1.807) is 28.8 Å². The minimum absolute atomic E-state index is 0.462. The van der Waals surface area contributed by atoms with Crippen LogP contribution in [0.3, 0.4) is 0 Å². The number of hydrogen-bond acceptors (Lipinski definition) is 7. The molecule has 2 heterocycles. The second-order valence-corrected chi connectivity index (χ2v) is 7.79. The van der Waals surface area contributed by atoms with Crippen molar-refractivity contribution in [2.75, 3.05) is 25.3 Å². The fourth-order valence-electron chi connectivity index (χ4n) is 2.32. The number of nitrogens with one attached hydrogen (secondary N) is 1. The van der Waals surface area contributed by atoms with Crippen LogP contribution < -0.4 is 9.64 Å². The largest absolute Gasteiger partial charge is 0.452 e. The van der Waals surface area contributed by atoms with Gasteiger partial charge in [-0.2, -0.15) is 14.6 Å². The van der Waals surface area contributed by atoms with Gasteiger partial charge < -0.3 is 9.64 Å². The summed E-state index contributed by atoms with van der Waals surface area (Å²) in [5.74, 6) is 2.35. The molecule has 0 saturated heterocycles. The highest BCUT2D eigenvalue weighted by atomic mass is 32.2. The van der Waals surface area contributed by atoms with Crippen LogP contribution in [0.25, 0.3) is 5.78 Å². The van der Waals surface area contributed by atoms with Gasteiger partial charge in [0.25, 0.3) is 5.78 Å². The van der Waals surface area contributed by atoms with E-state index in [4.69, 9.17) is 9.52 Å². The molecule has 1 atom stereocenters. The van der Waals surface area contributed by atoms with E-state index >= 15 is 0 Å². The zero-order chi connectivity index (χ0) is 17.5. The van der Waals surface area contributed by atoms with E-state index in [1.807, 2.05) is 25.9 Å². The predicted octanol–water partition coefficient (Wildman–Crippen LogP) is 2.33. The summed E-state index contributed by atoms with van der Waals surface area (Å²) in [5.41, 5.74) is 0.683. The van der Waals surface area contributed by atoms with Crippen LogP contribution in [0.2, 0.25) is 0 Å². The Balaban J connectivity index is 2.06. The summed E-state index contributed by atoms with van der Waals surface area (Å²) in [5, 5.41) is 4.19. The monoisotopic (exact) mass is 346 g/mol. The molecule has 0 amide bonds. The molecule has 0 bridgehead atoms. The molecular formula is C15H18N6O2S. The Bertz CT molecular complexity index is 993. The number of aromatic nitrogens is 4. The Kier molecular flexibility index (Phi) is 3.88. The fraction of sp³-hybridized carbons (Fsp3) is 0.267. The van der Waals surface area contributed by atoms with Gasteiger partial charge in [0, 0.05) is 25.2 Å². The van der Waals surface area contributed by atoms with Crippen molar-refractivity contribution in [2.45, 2.75) is 11.8 Å². The first-order valence-corrected chi connectivity index (χ1v) is 9.13. The van der Waals surface area contributed by atoms with Crippen LogP contribution in [0.5, 0.6) is 11.5 Å². The lowest BCUT2D eigenvalue weighted by molar-refractivity contribution is 0.471. The van der Waals surface area contributed by atoms with Gasteiger partial charge in [0.1, 0.15) is 12.1 Å². The lowest BCUT2D eigenvalue weighted by Gasteiger charge is -2.19. The summed E-state index contributed by atoms with van der Waals surface area (Å²) < 4.78 is 27.0. The number of fused-ring (bicyclic) bond motifs is 1. The van der Waals surface area contributed by atoms with Crippen molar-refractivity contribution in [3.8, 4) is 11.5 Å². The van der Waals surface area contributed by atoms with Crippen LogP contribution in [-0.4, -0.2) is 44.1 Å². The highest BCUT2D eigenvalue weighted by Gasteiger charge is 2.18. The van der Waals surface area contributed by atoms with Gasteiger partial charge in [-0.3, -0.25) is 0 Å². The standard InChI is InChI=1S/C15H18N6O2S/c1-10-13(14(20(2)3)21-15(19-10)17-9-18-21)23-11-5-7-12(8-6-11)24(4,16)22/h5-9,16H,1-4H3. The molecule has 9 heteroatoms. The van der Waals surface area contributed by atoms with Crippen LogP contribution in [0.4, 0.5) is 5.82 Å². The normalized spacial score (nSPS) is 13.7.